The summed E-state index contributed by atoms with van der Waals surface area (Å²) in [7, 11) is 0. The number of aliphatic hydroxyl groups excluding tert-OH is 3. The summed E-state index contributed by atoms with van der Waals surface area (Å²) in [6.07, 6.45) is -5.00. The second-order valence-corrected chi connectivity index (χ2v) is 5.66. The molecule has 0 unspecified atom stereocenters. The van der Waals surface area contributed by atoms with Gasteiger partial charge in [-0.3, -0.25) is 0 Å². The fourth-order valence-corrected chi connectivity index (χ4v) is 2.48. The SMILES string of the molecule is CCCO[C@H]1O[C@H](CO)[C@@H](O)[C@H](O)[C@H]1OC(=S)Oc1ccccc1. The van der Waals surface area contributed by atoms with Crippen LogP contribution in [0.5, 0.6) is 5.75 Å². The molecule has 0 saturated carbocycles. The molecule has 1 heterocycles. The van der Waals surface area contributed by atoms with E-state index in [9.17, 15) is 15.3 Å². The maximum Gasteiger partial charge on any atom is 0.358 e. The number of hydrogen-bond acceptors (Lipinski definition) is 8. The highest BCUT2D eigenvalue weighted by atomic mass is 32.1. The van der Waals surface area contributed by atoms with E-state index in [-0.39, 0.29) is 5.24 Å². The maximum absolute atomic E-state index is 10.3. The summed E-state index contributed by atoms with van der Waals surface area (Å²) in [4.78, 5) is 0. The van der Waals surface area contributed by atoms with Gasteiger partial charge < -0.3 is 34.3 Å². The fraction of sp³-hybridized carbons (Fsp3) is 0.562. The van der Waals surface area contributed by atoms with Crippen molar-refractivity contribution in [3.8, 4) is 5.75 Å². The van der Waals surface area contributed by atoms with E-state index in [0.717, 1.165) is 6.42 Å². The molecule has 0 aliphatic carbocycles. The Kier molecular flexibility index (Phi) is 7.35. The van der Waals surface area contributed by atoms with Crippen LogP contribution in [-0.4, -0.2) is 64.5 Å². The Morgan fingerprint density at radius 1 is 1.21 bits per heavy atom. The van der Waals surface area contributed by atoms with E-state index in [0.29, 0.717) is 12.4 Å². The summed E-state index contributed by atoms with van der Waals surface area (Å²) >= 11 is 5.03. The van der Waals surface area contributed by atoms with Gasteiger partial charge in [-0.2, -0.15) is 0 Å². The predicted molar refractivity (Wildman–Crippen MR) is 88.5 cm³/mol. The molecule has 24 heavy (non-hydrogen) atoms. The molecule has 2 rings (SSSR count). The third kappa shape index (κ3) is 4.85. The van der Waals surface area contributed by atoms with E-state index < -0.39 is 37.3 Å². The highest BCUT2D eigenvalue weighted by molar-refractivity contribution is 7.79. The van der Waals surface area contributed by atoms with Crippen LogP contribution in [0.4, 0.5) is 0 Å². The van der Waals surface area contributed by atoms with Crippen molar-refractivity contribution in [2.24, 2.45) is 0 Å². The van der Waals surface area contributed by atoms with Crippen LogP contribution >= 0.6 is 12.2 Å². The minimum Gasteiger partial charge on any atom is -0.445 e. The summed E-state index contributed by atoms with van der Waals surface area (Å²) < 4.78 is 21.8. The third-order valence-electron chi connectivity index (χ3n) is 3.49. The van der Waals surface area contributed by atoms with Crippen LogP contribution in [-0.2, 0) is 14.2 Å². The van der Waals surface area contributed by atoms with Crippen molar-refractivity contribution in [2.45, 2.75) is 44.1 Å². The van der Waals surface area contributed by atoms with Crippen molar-refractivity contribution >= 4 is 17.5 Å². The second kappa shape index (κ2) is 9.26. The zero-order chi connectivity index (χ0) is 17.5. The molecule has 134 valence electrons. The molecular weight excluding hydrogens is 336 g/mol. The van der Waals surface area contributed by atoms with E-state index in [1.54, 1.807) is 24.3 Å². The zero-order valence-corrected chi connectivity index (χ0v) is 14.1. The van der Waals surface area contributed by atoms with Crippen LogP contribution < -0.4 is 4.74 Å². The number of thiocarbonyl (C=S) groups is 1. The lowest BCUT2D eigenvalue weighted by molar-refractivity contribution is -0.298. The van der Waals surface area contributed by atoms with Crippen LogP contribution in [0.3, 0.4) is 0 Å². The van der Waals surface area contributed by atoms with Gasteiger partial charge in [0.2, 0.25) is 0 Å². The van der Waals surface area contributed by atoms with Crippen molar-refractivity contribution in [1.29, 1.82) is 0 Å². The number of hydrogen-bond donors (Lipinski definition) is 3. The van der Waals surface area contributed by atoms with Crippen LogP contribution in [0.15, 0.2) is 30.3 Å². The lowest BCUT2D eigenvalue weighted by Gasteiger charge is -2.41. The number of rotatable bonds is 6. The molecule has 1 fully saturated rings. The Hall–Kier alpha value is -1.29. The van der Waals surface area contributed by atoms with E-state index in [1.807, 2.05) is 13.0 Å². The molecule has 1 aliphatic heterocycles. The third-order valence-corrected chi connectivity index (χ3v) is 3.67. The van der Waals surface area contributed by atoms with Gasteiger partial charge in [0, 0.05) is 18.8 Å². The van der Waals surface area contributed by atoms with Crippen molar-refractivity contribution < 1.29 is 34.3 Å². The predicted octanol–water partition coefficient (Wildman–Crippen LogP) is 0.601. The fourth-order valence-electron chi connectivity index (χ4n) is 2.27. The first-order valence-electron chi connectivity index (χ1n) is 7.74. The molecule has 0 amide bonds. The Labute approximate surface area is 145 Å². The first-order valence-corrected chi connectivity index (χ1v) is 8.15. The van der Waals surface area contributed by atoms with Gasteiger partial charge in [0.1, 0.15) is 24.1 Å². The largest absolute Gasteiger partial charge is 0.445 e. The van der Waals surface area contributed by atoms with E-state index >= 15 is 0 Å². The Balaban J connectivity index is 2.04. The topological polar surface area (TPSA) is 97.6 Å². The van der Waals surface area contributed by atoms with Crippen molar-refractivity contribution in [3.63, 3.8) is 0 Å². The molecule has 1 aromatic rings. The van der Waals surface area contributed by atoms with Crippen LogP contribution in [0.1, 0.15) is 13.3 Å². The lowest BCUT2D eigenvalue weighted by atomic mass is 9.99. The normalized spacial score (nSPS) is 29.9. The molecule has 1 aliphatic rings. The van der Waals surface area contributed by atoms with Gasteiger partial charge in [-0.05, 0) is 18.6 Å². The van der Waals surface area contributed by atoms with Gasteiger partial charge in [0.05, 0.1) is 6.61 Å². The van der Waals surface area contributed by atoms with Crippen molar-refractivity contribution in [1.82, 2.24) is 0 Å². The van der Waals surface area contributed by atoms with Gasteiger partial charge in [0.25, 0.3) is 0 Å². The Bertz CT molecular complexity index is 512. The molecular formula is C16H22O7S. The monoisotopic (exact) mass is 358 g/mol. The molecule has 0 spiro atoms. The summed E-state index contributed by atoms with van der Waals surface area (Å²) in [6, 6.07) is 8.78. The van der Waals surface area contributed by atoms with Gasteiger partial charge >= 0.3 is 5.24 Å². The van der Waals surface area contributed by atoms with Gasteiger partial charge in [-0.1, -0.05) is 25.1 Å². The summed E-state index contributed by atoms with van der Waals surface area (Å²) in [5.41, 5.74) is 0. The first-order chi connectivity index (χ1) is 11.6. The number of ether oxygens (including phenoxy) is 4. The smallest absolute Gasteiger partial charge is 0.358 e. The highest BCUT2D eigenvalue weighted by Crippen LogP contribution is 2.25. The maximum atomic E-state index is 10.3. The average molecular weight is 358 g/mol. The molecule has 3 N–H and O–H groups in total. The lowest BCUT2D eigenvalue weighted by Crippen LogP contribution is -2.60. The molecule has 5 atom stereocenters. The first kappa shape index (κ1) is 19.0. The quantitative estimate of drug-likeness (QED) is 0.636. The van der Waals surface area contributed by atoms with Crippen LogP contribution in [0.2, 0.25) is 0 Å². The second-order valence-electron chi connectivity index (χ2n) is 5.33. The van der Waals surface area contributed by atoms with Crippen molar-refractivity contribution in [3.05, 3.63) is 30.3 Å². The van der Waals surface area contributed by atoms with Crippen LogP contribution in [0.25, 0.3) is 0 Å². The van der Waals surface area contributed by atoms with Crippen molar-refractivity contribution in [2.75, 3.05) is 13.2 Å². The molecule has 0 radical (unpaired) electrons. The molecule has 1 aromatic carbocycles. The molecule has 8 heteroatoms. The van der Waals surface area contributed by atoms with Gasteiger partial charge in [-0.25, -0.2) is 0 Å². The summed E-state index contributed by atoms with van der Waals surface area (Å²) in [6.45, 7) is 1.82. The number of aliphatic hydroxyl groups is 3. The molecule has 0 aromatic heterocycles. The number of benzene rings is 1. The Morgan fingerprint density at radius 3 is 2.54 bits per heavy atom. The van der Waals surface area contributed by atoms with E-state index in [2.05, 4.69) is 0 Å². The van der Waals surface area contributed by atoms with E-state index in [4.69, 9.17) is 31.2 Å². The average Bonchev–Trinajstić information content (AvgIpc) is 2.59. The molecule has 0 bridgehead atoms. The number of para-hydroxylation sites is 1. The van der Waals surface area contributed by atoms with Crippen LogP contribution in [0, 0.1) is 0 Å². The Morgan fingerprint density at radius 2 is 1.92 bits per heavy atom. The molecule has 1 saturated heterocycles. The summed E-state index contributed by atoms with van der Waals surface area (Å²) in [5.74, 6) is 0.480. The van der Waals surface area contributed by atoms with E-state index in [1.165, 1.54) is 0 Å². The zero-order valence-electron chi connectivity index (χ0n) is 13.3. The highest BCUT2D eigenvalue weighted by Gasteiger charge is 2.47. The molecule has 7 nitrogen and oxygen atoms in total. The van der Waals surface area contributed by atoms with Gasteiger partial charge in [0.15, 0.2) is 12.4 Å². The minimum absolute atomic E-state index is 0.228. The standard InChI is InChI=1S/C16H22O7S/c1-2-8-20-15-14(13(19)12(18)11(9-17)22-15)23-16(24)21-10-6-4-3-5-7-10/h3-7,11-15,17-19H,2,8-9H2,1H3/t11-,12-,13+,14-,15+/m1/s1. The van der Waals surface area contributed by atoms with Gasteiger partial charge in [-0.15, -0.1) is 0 Å². The summed E-state index contributed by atoms with van der Waals surface area (Å²) in [5, 5.41) is 29.3. The minimum atomic E-state index is -1.35.